The van der Waals surface area contributed by atoms with Crippen LogP contribution in [0, 0.1) is 26.0 Å². The summed E-state index contributed by atoms with van der Waals surface area (Å²) in [4.78, 5) is 19.9. The first kappa shape index (κ1) is 13.4. The Morgan fingerprint density at radius 1 is 1.00 bits per heavy atom. The molecule has 7 nitrogen and oxygen atoms in total. The summed E-state index contributed by atoms with van der Waals surface area (Å²) in [7, 11) is 0. The molecule has 0 radical (unpaired) electrons. The van der Waals surface area contributed by atoms with Crippen molar-refractivity contribution in [1.29, 1.82) is 0 Å². The number of nitro groups is 2. The summed E-state index contributed by atoms with van der Waals surface area (Å²) in [6, 6.07) is 7.98. The highest BCUT2D eigenvalue weighted by atomic mass is 19.1. The first-order chi connectivity index (χ1) is 9.47. The van der Waals surface area contributed by atoms with Gasteiger partial charge in [0.15, 0.2) is 0 Å². The second-order valence-electron chi connectivity index (χ2n) is 3.73. The standard InChI is InChI=1S/C12H7FN2O5/c13-8-2-1-3-10(6-8)20-12-5-4-9(14(16)17)7-11(12)15(18)19/h1-7H. The van der Waals surface area contributed by atoms with Crippen molar-refractivity contribution in [3.8, 4) is 11.5 Å². The van der Waals surface area contributed by atoms with Gasteiger partial charge in [0.2, 0.25) is 5.75 Å². The SMILES string of the molecule is O=[N+]([O-])c1ccc(Oc2cccc(F)c2)c([N+](=O)[O-])c1. The molecule has 0 aliphatic rings. The number of hydrogen-bond donors (Lipinski definition) is 0. The lowest BCUT2D eigenvalue weighted by molar-refractivity contribution is -0.394. The largest absolute Gasteiger partial charge is 0.450 e. The van der Waals surface area contributed by atoms with Crippen LogP contribution in [0.25, 0.3) is 0 Å². The molecule has 0 unspecified atom stereocenters. The molecule has 0 spiro atoms. The number of non-ortho nitro benzene ring substituents is 1. The summed E-state index contributed by atoms with van der Waals surface area (Å²) in [5, 5.41) is 21.5. The zero-order valence-electron chi connectivity index (χ0n) is 9.86. The number of ether oxygens (including phenoxy) is 1. The molecule has 0 N–H and O–H groups in total. The van der Waals surface area contributed by atoms with Crippen LogP contribution in [0.2, 0.25) is 0 Å². The third-order valence-corrected chi connectivity index (χ3v) is 2.37. The van der Waals surface area contributed by atoms with E-state index in [1.165, 1.54) is 18.2 Å². The number of halogens is 1. The van der Waals surface area contributed by atoms with Crippen LogP contribution in [0.4, 0.5) is 15.8 Å². The summed E-state index contributed by atoms with van der Waals surface area (Å²) in [6.07, 6.45) is 0. The van der Waals surface area contributed by atoms with Gasteiger partial charge in [-0.1, -0.05) is 6.07 Å². The van der Waals surface area contributed by atoms with Gasteiger partial charge in [-0.3, -0.25) is 20.2 Å². The molecule has 0 bridgehead atoms. The Kier molecular flexibility index (Phi) is 3.56. The van der Waals surface area contributed by atoms with Gasteiger partial charge in [0, 0.05) is 12.1 Å². The molecule has 0 heterocycles. The highest BCUT2D eigenvalue weighted by molar-refractivity contribution is 5.54. The van der Waals surface area contributed by atoms with E-state index in [1.807, 2.05) is 0 Å². The summed E-state index contributed by atoms with van der Waals surface area (Å²) in [6.45, 7) is 0. The van der Waals surface area contributed by atoms with E-state index in [-0.39, 0.29) is 11.5 Å². The quantitative estimate of drug-likeness (QED) is 0.630. The van der Waals surface area contributed by atoms with Crippen LogP contribution in [-0.2, 0) is 0 Å². The molecule has 0 aromatic heterocycles. The van der Waals surface area contributed by atoms with Gasteiger partial charge in [0.25, 0.3) is 5.69 Å². The normalized spacial score (nSPS) is 10.1. The van der Waals surface area contributed by atoms with Gasteiger partial charge < -0.3 is 4.74 Å². The molecule has 2 rings (SSSR count). The molecule has 8 heteroatoms. The van der Waals surface area contributed by atoms with Crippen molar-refractivity contribution in [1.82, 2.24) is 0 Å². The smallest absolute Gasteiger partial charge is 0.318 e. The Morgan fingerprint density at radius 3 is 2.35 bits per heavy atom. The van der Waals surface area contributed by atoms with Crippen LogP contribution in [0.1, 0.15) is 0 Å². The van der Waals surface area contributed by atoms with Crippen molar-refractivity contribution in [2.45, 2.75) is 0 Å². The maximum absolute atomic E-state index is 13.0. The summed E-state index contributed by atoms with van der Waals surface area (Å²) in [5.41, 5.74) is -0.994. The van der Waals surface area contributed by atoms with Gasteiger partial charge in [-0.05, 0) is 18.2 Å². The molecule has 0 saturated heterocycles. The molecule has 2 aromatic carbocycles. The first-order valence-corrected chi connectivity index (χ1v) is 5.33. The van der Waals surface area contributed by atoms with E-state index in [1.54, 1.807) is 0 Å². The molecule has 0 aliphatic carbocycles. The summed E-state index contributed by atoms with van der Waals surface area (Å²) in [5.74, 6) is -0.708. The van der Waals surface area contributed by atoms with Gasteiger partial charge in [0.1, 0.15) is 11.6 Å². The maximum atomic E-state index is 13.0. The minimum Gasteiger partial charge on any atom is -0.450 e. The van der Waals surface area contributed by atoms with E-state index in [2.05, 4.69) is 0 Å². The van der Waals surface area contributed by atoms with Crippen LogP contribution < -0.4 is 4.74 Å². The number of rotatable bonds is 4. The van der Waals surface area contributed by atoms with E-state index in [0.29, 0.717) is 0 Å². The Bertz CT molecular complexity index is 689. The molecule has 0 atom stereocenters. The van der Waals surface area contributed by atoms with Crippen molar-refractivity contribution in [2.75, 3.05) is 0 Å². The topological polar surface area (TPSA) is 95.5 Å². The zero-order valence-corrected chi connectivity index (χ0v) is 9.86. The highest BCUT2D eigenvalue weighted by Gasteiger charge is 2.21. The minimum absolute atomic E-state index is 0.0574. The first-order valence-electron chi connectivity index (χ1n) is 5.33. The molecule has 0 fully saturated rings. The molecule has 20 heavy (non-hydrogen) atoms. The fourth-order valence-electron chi connectivity index (χ4n) is 1.51. The van der Waals surface area contributed by atoms with Crippen molar-refractivity contribution in [3.63, 3.8) is 0 Å². The van der Waals surface area contributed by atoms with Gasteiger partial charge in [0.05, 0.1) is 15.9 Å². The zero-order chi connectivity index (χ0) is 14.7. The Hall–Kier alpha value is -3.03. The lowest BCUT2D eigenvalue weighted by Gasteiger charge is -2.06. The second-order valence-corrected chi connectivity index (χ2v) is 3.73. The van der Waals surface area contributed by atoms with E-state index in [9.17, 15) is 24.6 Å². The third-order valence-electron chi connectivity index (χ3n) is 2.37. The number of nitro benzene ring substituents is 2. The van der Waals surface area contributed by atoms with E-state index in [4.69, 9.17) is 4.74 Å². The highest BCUT2D eigenvalue weighted by Crippen LogP contribution is 2.34. The van der Waals surface area contributed by atoms with Crippen LogP contribution in [-0.4, -0.2) is 9.85 Å². The average molecular weight is 278 g/mol. The van der Waals surface area contributed by atoms with Crippen molar-refractivity contribution in [3.05, 3.63) is 68.5 Å². The van der Waals surface area contributed by atoms with Crippen molar-refractivity contribution >= 4 is 11.4 Å². The Labute approximate surface area is 111 Å². The van der Waals surface area contributed by atoms with Gasteiger partial charge in [-0.25, -0.2) is 4.39 Å². The maximum Gasteiger partial charge on any atom is 0.318 e. The fourth-order valence-corrected chi connectivity index (χ4v) is 1.51. The number of nitrogens with zero attached hydrogens (tertiary/aromatic N) is 2. The predicted molar refractivity (Wildman–Crippen MR) is 66.2 cm³/mol. The van der Waals surface area contributed by atoms with Crippen molar-refractivity contribution in [2.24, 2.45) is 0 Å². The Morgan fingerprint density at radius 2 is 1.75 bits per heavy atom. The number of benzene rings is 2. The average Bonchev–Trinajstić information content (AvgIpc) is 2.38. The molecule has 102 valence electrons. The minimum atomic E-state index is -0.804. The van der Waals surface area contributed by atoms with Crippen LogP contribution in [0.15, 0.2) is 42.5 Å². The Balaban J connectivity index is 2.41. The summed E-state index contributed by atoms with van der Waals surface area (Å²) < 4.78 is 18.2. The molecule has 0 saturated carbocycles. The van der Waals surface area contributed by atoms with E-state index < -0.39 is 27.0 Å². The van der Waals surface area contributed by atoms with Crippen molar-refractivity contribution < 1.29 is 19.0 Å². The molecule has 0 amide bonds. The van der Waals surface area contributed by atoms with E-state index >= 15 is 0 Å². The molecule has 2 aromatic rings. The number of hydrogen-bond acceptors (Lipinski definition) is 5. The second kappa shape index (κ2) is 5.31. The van der Waals surface area contributed by atoms with Gasteiger partial charge in [-0.2, -0.15) is 0 Å². The molecular weight excluding hydrogens is 271 g/mol. The molecular formula is C12H7FN2O5. The lowest BCUT2D eigenvalue weighted by atomic mass is 10.2. The van der Waals surface area contributed by atoms with Crippen LogP contribution in [0.5, 0.6) is 11.5 Å². The third kappa shape index (κ3) is 2.86. The van der Waals surface area contributed by atoms with E-state index in [0.717, 1.165) is 24.3 Å². The van der Waals surface area contributed by atoms with Gasteiger partial charge >= 0.3 is 5.69 Å². The predicted octanol–water partition coefficient (Wildman–Crippen LogP) is 3.43. The monoisotopic (exact) mass is 278 g/mol. The fraction of sp³-hybridized carbons (Fsp3) is 0. The summed E-state index contributed by atoms with van der Waals surface area (Å²) >= 11 is 0. The van der Waals surface area contributed by atoms with Crippen LogP contribution >= 0.6 is 0 Å². The van der Waals surface area contributed by atoms with Crippen LogP contribution in [0.3, 0.4) is 0 Å². The molecule has 0 aliphatic heterocycles. The lowest BCUT2D eigenvalue weighted by Crippen LogP contribution is -1.96. The van der Waals surface area contributed by atoms with Gasteiger partial charge in [-0.15, -0.1) is 0 Å².